The molecule has 2 aromatic carbocycles. The fourth-order valence-corrected chi connectivity index (χ4v) is 3.58. The first-order chi connectivity index (χ1) is 12.1. The van der Waals surface area contributed by atoms with Crippen molar-refractivity contribution in [3.8, 4) is 0 Å². The molecule has 1 heterocycles. The molecule has 6 heteroatoms. The molecule has 0 radical (unpaired) electrons. The molecular weight excluding hydrogens is 464 g/mol. The van der Waals surface area contributed by atoms with Crippen molar-refractivity contribution >= 4 is 54.9 Å². The van der Waals surface area contributed by atoms with E-state index < -0.39 is 0 Å². The largest absolute Gasteiger partial charge is 0.376 e. The first-order valence-electron chi connectivity index (χ1n) is 8.28. The minimum absolute atomic E-state index is 0.250. The molecular formula is C19H20Br2N2OS. The molecule has 25 heavy (non-hydrogen) atoms. The predicted octanol–water partition coefficient (Wildman–Crippen LogP) is 5.59. The van der Waals surface area contributed by atoms with Crippen LogP contribution >= 0.6 is 44.1 Å². The summed E-state index contributed by atoms with van der Waals surface area (Å²) in [6.45, 7) is 2.41. The second kappa shape index (κ2) is 9.12. The van der Waals surface area contributed by atoms with E-state index in [4.69, 9.17) is 17.0 Å². The van der Waals surface area contributed by atoms with Crippen molar-refractivity contribution in [3.05, 3.63) is 63.0 Å². The standard InChI is InChI=1S/C19H20Br2N2OS/c20-15-5-3-14(4-6-15)12-23(13-18-2-1-11-24-18)19(25)22-17-9-7-16(21)8-10-17/h3-10,18H,1-2,11-13H2,(H,22,25). The summed E-state index contributed by atoms with van der Waals surface area (Å²) in [6.07, 6.45) is 2.47. The summed E-state index contributed by atoms with van der Waals surface area (Å²) in [5.74, 6) is 0. The number of benzene rings is 2. The summed E-state index contributed by atoms with van der Waals surface area (Å²) in [5.41, 5.74) is 2.21. The third kappa shape index (κ3) is 5.78. The Morgan fingerprint density at radius 3 is 2.32 bits per heavy atom. The monoisotopic (exact) mass is 482 g/mol. The number of rotatable bonds is 5. The highest BCUT2D eigenvalue weighted by Gasteiger charge is 2.21. The van der Waals surface area contributed by atoms with Gasteiger partial charge in [-0.15, -0.1) is 0 Å². The maximum Gasteiger partial charge on any atom is 0.173 e. The Kier molecular flexibility index (Phi) is 6.87. The van der Waals surface area contributed by atoms with Gasteiger partial charge in [0.1, 0.15) is 0 Å². The van der Waals surface area contributed by atoms with E-state index in [0.717, 1.165) is 52.3 Å². The van der Waals surface area contributed by atoms with E-state index in [1.807, 2.05) is 24.3 Å². The van der Waals surface area contributed by atoms with Gasteiger partial charge in [-0.05, 0) is 67.0 Å². The molecule has 1 N–H and O–H groups in total. The molecule has 1 aliphatic rings. The first kappa shape index (κ1) is 18.8. The highest BCUT2D eigenvalue weighted by atomic mass is 79.9. The third-order valence-electron chi connectivity index (χ3n) is 4.12. The molecule has 0 bridgehead atoms. The van der Waals surface area contributed by atoms with Crippen molar-refractivity contribution in [1.29, 1.82) is 0 Å². The molecule has 0 amide bonds. The van der Waals surface area contributed by atoms with Gasteiger partial charge in [0.25, 0.3) is 0 Å². The molecule has 1 fully saturated rings. The zero-order chi connectivity index (χ0) is 17.6. The molecule has 1 atom stereocenters. The van der Waals surface area contributed by atoms with Crippen LogP contribution in [0.1, 0.15) is 18.4 Å². The van der Waals surface area contributed by atoms with Gasteiger partial charge in [-0.25, -0.2) is 0 Å². The molecule has 1 aliphatic heterocycles. The summed E-state index contributed by atoms with van der Waals surface area (Å²) in [6, 6.07) is 16.4. The lowest BCUT2D eigenvalue weighted by Crippen LogP contribution is -2.39. The zero-order valence-corrected chi connectivity index (χ0v) is 17.7. The van der Waals surface area contributed by atoms with Gasteiger partial charge in [0, 0.05) is 34.3 Å². The highest BCUT2D eigenvalue weighted by molar-refractivity contribution is 9.10. The van der Waals surface area contributed by atoms with Crippen LogP contribution < -0.4 is 5.32 Å². The fourth-order valence-electron chi connectivity index (χ4n) is 2.80. The van der Waals surface area contributed by atoms with Crippen LogP contribution in [0.5, 0.6) is 0 Å². The Morgan fingerprint density at radius 1 is 1.08 bits per heavy atom. The molecule has 1 unspecified atom stereocenters. The molecule has 0 aliphatic carbocycles. The lowest BCUT2D eigenvalue weighted by molar-refractivity contribution is 0.0905. The van der Waals surface area contributed by atoms with Crippen LogP contribution in [-0.4, -0.2) is 29.3 Å². The van der Waals surface area contributed by atoms with Crippen LogP contribution in [0.3, 0.4) is 0 Å². The van der Waals surface area contributed by atoms with Gasteiger partial charge in [-0.2, -0.15) is 0 Å². The number of hydrogen-bond acceptors (Lipinski definition) is 2. The van der Waals surface area contributed by atoms with E-state index >= 15 is 0 Å². The summed E-state index contributed by atoms with van der Waals surface area (Å²) in [7, 11) is 0. The van der Waals surface area contributed by atoms with Crippen LogP contribution in [0.15, 0.2) is 57.5 Å². The Balaban J connectivity index is 1.70. The molecule has 0 saturated carbocycles. The van der Waals surface area contributed by atoms with E-state index in [1.165, 1.54) is 5.56 Å². The van der Waals surface area contributed by atoms with Gasteiger partial charge in [-0.1, -0.05) is 44.0 Å². The van der Waals surface area contributed by atoms with Crippen molar-refractivity contribution in [3.63, 3.8) is 0 Å². The summed E-state index contributed by atoms with van der Waals surface area (Å²) < 4.78 is 7.95. The number of anilines is 1. The van der Waals surface area contributed by atoms with Crippen molar-refractivity contribution in [2.75, 3.05) is 18.5 Å². The third-order valence-corrected chi connectivity index (χ3v) is 5.54. The fraction of sp³-hybridized carbons (Fsp3) is 0.316. The Labute approximate surface area is 171 Å². The quantitative estimate of drug-likeness (QED) is 0.560. The molecule has 0 spiro atoms. The van der Waals surface area contributed by atoms with Crippen LogP contribution in [0.2, 0.25) is 0 Å². The molecule has 132 valence electrons. The van der Waals surface area contributed by atoms with Crippen LogP contribution in [0, 0.1) is 0 Å². The number of thiocarbonyl (C=S) groups is 1. The van der Waals surface area contributed by atoms with Gasteiger partial charge in [-0.3, -0.25) is 0 Å². The average Bonchev–Trinajstić information content (AvgIpc) is 3.11. The van der Waals surface area contributed by atoms with E-state index in [9.17, 15) is 0 Å². The lowest BCUT2D eigenvalue weighted by atomic mass is 10.2. The molecule has 2 aromatic rings. The summed E-state index contributed by atoms with van der Waals surface area (Å²) >= 11 is 12.6. The van der Waals surface area contributed by atoms with E-state index in [0.29, 0.717) is 0 Å². The van der Waals surface area contributed by atoms with Crippen LogP contribution in [-0.2, 0) is 11.3 Å². The van der Waals surface area contributed by atoms with Gasteiger partial charge in [0.2, 0.25) is 0 Å². The van der Waals surface area contributed by atoms with Crippen LogP contribution in [0.25, 0.3) is 0 Å². The Morgan fingerprint density at radius 2 is 1.72 bits per heavy atom. The number of hydrogen-bond donors (Lipinski definition) is 1. The first-order valence-corrected chi connectivity index (χ1v) is 10.3. The minimum Gasteiger partial charge on any atom is -0.376 e. The molecule has 0 aromatic heterocycles. The topological polar surface area (TPSA) is 24.5 Å². The summed E-state index contributed by atoms with van der Waals surface area (Å²) in [4.78, 5) is 2.19. The second-order valence-electron chi connectivity index (χ2n) is 6.08. The number of nitrogens with zero attached hydrogens (tertiary/aromatic N) is 1. The number of nitrogens with one attached hydrogen (secondary N) is 1. The van der Waals surface area contributed by atoms with Crippen molar-refractivity contribution < 1.29 is 4.74 Å². The summed E-state index contributed by atoms with van der Waals surface area (Å²) in [5, 5.41) is 4.07. The SMILES string of the molecule is S=C(Nc1ccc(Br)cc1)N(Cc1ccc(Br)cc1)CC1CCCO1. The average molecular weight is 484 g/mol. The zero-order valence-electron chi connectivity index (χ0n) is 13.8. The van der Waals surface area contributed by atoms with Gasteiger partial charge < -0.3 is 15.0 Å². The van der Waals surface area contributed by atoms with E-state index in [1.54, 1.807) is 0 Å². The molecule has 1 saturated heterocycles. The van der Waals surface area contributed by atoms with Crippen molar-refractivity contribution in [2.24, 2.45) is 0 Å². The van der Waals surface area contributed by atoms with Gasteiger partial charge >= 0.3 is 0 Å². The second-order valence-corrected chi connectivity index (χ2v) is 8.30. The van der Waals surface area contributed by atoms with Gasteiger partial charge in [0.05, 0.1) is 6.10 Å². The Bertz CT molecular complexity index is 700. The van der Waals surface area contributed by atoms with Crippen molar-refractivity contribution in [2.45, 2.75) is 25.5 Å². The molecule has 3 rings (SSSR count). The smallest absolute Gasteiger partial charge is 0.173 e. The predicted molar refractivity (Wildman–Crippen MR) is 114 cm³/mol. The minimum atomic E-state index is 0.250. The van der Waals surface area contributed by atoms with Gasteiger partial charge in [0.15, 0.2) is 5.11 Å². The van der Waals surface area contributed by atoms with E-state index in [-0.39, 0.29) is 6.10 Å². The lowest BCUT2D eigenvalue weighted by Gasteiger charge is -2.28. The number of halogens is 2. The van der Waals surface area contributed by atoms with Crippen LogP contribution in [0.4, 0.5) is 5.69 Å². The number of ether oxygens (including phenoxy) is 1. The van der Waals surface area contributed by atoms with Crippen molar-refractivity contribution in [1.82, 2.24) is 4.90 Å². The highest BCUT2D eigenvalue weighted by Crippen LogP contribution is 2.19. The normalized spacial score (nSPS) is 16.6. The maximum atomic E-state index is 5.81. The molecule has 3 nitrogen and oxygen atoms in total. The maximum absolute atomic E-state index is 5.81. The Hall–Kier alpha value is -0.950. The van der Waals surface area contributed by atoms with E-state index in [2.05, 4.69) is 66.3 Å².